The summed E-state index contributed by atoms with van der Waals surface area (Å²) in [6.45, 7) is -33.2. The quantitative estimate of drug-likeness (QED) is 0.0259. The lowest BCUT2D eigenvalue weighted by atomic mass is 9.91. The minimum Gasteiger partial charge on any atom is -0.504 e. The topological polar surface area (TPSA) is 113 Å². The minimum absolute atomic E-state index is 0.295. The first-order valence-corrected chi connectivity index (χ1v) is 36.6. The summed E-state index contributed by atoms with van der Waals surface area (Å²) in [6, 6.07) is 3.42. The van der Waals surface area contributed by atoms with E-state index in [2.05, 4.69) is 23.7 Å². The third-order valence-corrected chi connectivity index (χ3v) is 19.4. The van der Waals surface area contributed by atoms with Crippen molar-refractivity contribution in [1.29, 1.82) is 0 Å². The van der Waals surface area contributed by atoms with E-state index in [4.69, 9.17) is 23.7 Å². The first-order valence-electron chi connectivity index (χ1n) is 36.6. The maximum Gasteiger partial charge on any atom is 0.460 e. The molecule has 0 aliphatic carbocycles. The van der Waals surface area contributed by atoms with Gasteiger partial charge in [0.25, 0.3) is 0 Å². The number of fused-ring (bicyclic) bond motifs is 6. The van der Waals surface area contributed by atoms with Crippen LogP contribution in [0.15, 0.2) is 36.4 Å². The Morgan fingerprint density at radius 2 is 0.312 bits per heavy atom. The van der Waals surface area contributed by atoms with Crippen molar-refractivity contribution < 1.29 is 338 Å². The summed E-state index contributed by atoms with van der Waals surface area (Å²) in [5, 5.41) is 4.41. The van der Waals surface area contributed by atoms with Crippen molar-refractivity contribution in [1.82, 2.24) is 0 Å². The van der Waals surface area contributed by atoms with Crippen LogP contribution in [0.5, 0.6) is 34.5 Å². The Morgan fingerprint density at radius 1 is 0.153 bits per heavy atom. The van der Waals surface area contributed by atoms with Crippen LogP contribution in [-0.2, 0) is 23.7 Å². The lowest BCUT2D eigenvalue weighted by Gasteiger charge is -2.39. The zero-order valence-corrected chi connectivity index (χ0v) is 67.7. The maximum absolute atomic E-state index is 15.0. The van der Waals surface area contributed by atoms with E-state index >= 15 is 8.78 Å². The average Bonchev–Trinajstić information content (AvgIpc) is 0.478. The second-order valence-electron chi connectivity index (χ2n) is 29.0. The van der Waals surface area contributed by atoms with Gasteiger partial charge in [-0.25, -0.2) is 0 Å². The number of rotatable bonds is 55. The van der Waals surface area contributed by atoms with Crippen LogP contribution < -0.4 is 23.7 Å². The highest BCUT2D eigenvalue weighted by Gasteiger charge is 2.96. The number of aromatic hydroxyl groups is 1. The van der Waals surface area contributed by atoms with Crippen molar-refractivity contribution in [3.63, 3.8) is 0 Å². The van der Waals surface area contributed by atoms with Gasteiger partial charge in [0, 0.05) is 48.3 Å². The lowest BCUT2D eigenvalue weighted by Crippen LogP contribution is -2.70. The number of ether oxygens (including phenoxy) is 10. The molecule has 0 unspecified atom stereocenters. The Hall–Kier alpha value is -8.29. The van der Waals surface area contributed by atoms with Gasteiger partial charge in [-0.15, -0.1) is 0 Å². The molecule has 0 amide bonds. The first kappa shape index (κ1) is 128. The molecule has 4 aromatic rings. The molecule has 76 heteroatoms. The number of alkyl halides is 65. The fourth-order valence-corrected chi connectivity index (χ4v) is 11.1. The van der Waals surface area contributed by atoms with E-state index in [1.165, 1.54) is 0 Å². The molecule has 0 aliphatic heterocycles. The van der Waals surface area contributed by atoms with E-state index in [0.717, 1.165) is 6.07 Å². The van der Waals surface area contributed by atoms with E-state index < -0.39 is 377 Å². The van der Waals surface area contributed by atoms with Crippen molar-refractivity contribution >= 4 is 32.3 Å². The highest BCUT2D eigenvalue weighted by molar-refractivity contribution is 6.31. The van der Waals surface area contributed by atoms with Crippen LogP contribution >= 0.6 is 0 Å². The van der Waals surface area contributed by atoms with Crippen LogP contribution in [0.1, 0.15) is 32.1 Å². The molecule has 0 bridgehead atoms. The Morgan fingerprint density at radius 3 is 0.514 bits per heavy atom. The largest absolute Gasteiger partial charge is 0.504 e. The van der Waals surface area contributed by atoms with Crippen molar-refractivity contribution in [2.45, 2.75) is 211 Å². The molecular formula is C68H47F65O11. The minimum atomic E-state index is -8.66. The molecule has 1 N–H and O–H groups in total. The Kier molecular flexibility index (Phi) is 36.0. The van der Waals surface area contributed by atoms with E-state index in [0.29, 0.717) is 30.3 Å². The van der Waals surface area contributed by atoms with Gasteiger partial charge in [0.15, 0.2) is 23.0 Å². The molecule has 0 aromatic heterocycles. The molecule has 0 radical (unpaired) electrons. The van der Waals surface area contributed by atoms with Gasteiger partial charge in [-0.3, -0.25) is 0 Å². The molecule has 0 fully saturated rings. The summed E-state index contributed by atoms with van der Waals surface area (Å²) in [7, 11) is 0. The molecule has 0 spiro atoms. The van der Waals surface area contributed by atoms with E-state index in [1.807, 2.05) is 0 Å². The van der Waals surface area contributed by atoms with Crippen molar-refractivity contribution in [2.24, 2.45) is 0 Å². The second kappa shape index (κ2) is 40.5. The van der Waals surface area contributed by atoms with Crippen molar-refractivity contribution in [2.75, 3.05) is 99.1 Å². The normalized spacial score (nSPS) is 15.6. The van der Waals surface area contributed by atoms with Crippen LogP contribution in [-0.4, -0.2) is 283 Å². The molecule has 11 nitrogen and oxygen atoms in total. The monoisotopic (exact) mass is 2270 g/mol. The fraction of sp³-hybridized carbons (Fsp3) is 0.735. The summed E-state index contributed by atoms with van der Waals surface area (Å²) < 4.78 is 959. The summed E-state index contributed by atoms with van der Waals surface area (Å²) in [6.07, 6.45) is -57.1. The van der Waals surface area contributed by atoms with E-state index in [9.17, 15) is 282 Å². The summed E-state index contributed by atoms with van der Waals surface area (Å²) in [4.78, 5) is 0. The number of phenols is 1. The smallest absolute Gasteiger partial charge is 0.460 e. The summed E-state index contributed by atoms with van der Waals surface area (Å²) in [5.74, 6) is -216. The third-order valence-electron chi connectivity index (χ3n) is 19.4. The lowest BCUT2D eigenvalue weighted by molar-refractivity contribution is -0.440. The van der Waals surface area contributed by atoms with E-state index in [1.54, 1.807) is 0 Å². The standard InChI is InChI=1S/C68H47F65O11/c69-39(70,44(79,80)49(89,90)54(99,100)59(109,110)64(119,120)121)7-12-135-17-22-140-34-30(134)6-5-29-27-3-1-2-4-28(27)32-33(31(29)34)36(142-24-19-137-14-9-41(73,74)46(83,84)51(93,94)56(103,104)61(113,114)66(125,126)127)38(144-26-21-139-16-11-43(77,78)48(87,88)53(97,98)58(107,108)63(117,118)68(131,132)133)37(143-25-20-138-15-10-42(75,76)47(85,86)52(95,96)57(105,106)62(115,116)67(128,129)130)35(32)141-23-18-136-13-8-40(71,72)45(81,82)50(91,92)55(101,102)60(111,112)65(122,123)124/h1-6,134H,7-26H2. The van der Waals surface area contributed by atoms with Gasteiger partial charge in [0.2, 0.25) is 11.5 Å². The number of benzene rings is 4. The predicted molar refractivity (Wildman–Crippen MR) is 339 cm³/mol. The average molecular weight is 2270 g/mol. The first-order chi connectivity index (χ1) is 63.6. The molecular weight excluding hydrogens is 2230 g/mol. The molecule has 144 heavy (non-hydrogen) atoms. The second-order valence-corrected chi connectivity index (χ2v) is 29.0. The SMILES string of the molecule is Oc1ccc2c3ccccc3c3c(OCCOCCC(F)(F)C(F)(F)C(F)(F)C(F)(F)C(F)(F)C(F)(F)F)c(OCCOCCC(F)(F)C(F)(F)C(F)(F)C(F)(F)C(F)(F)C(F)(F)F)c(OCCOCCC(F)(F)C(F)(F)C(F)(F)C(F)(F)C(F)(F)C(F)(F)F)c(OCCOCCC(F)(F)C(F)(F)C(F)(F)C(F)(F)C(F)(F)C(F)(F)F)c3c2c1OCCOCCC(F)(F)C(F)(F)C(F)(F)C(F)(F)C(F)(F)C(F)(F)F. The van der Waals surface area contributed by atoms with E-state index in [-0.39, 0.29) is 0 Å². The van der Waals surface area contributed by atoms with Gasteiger partial charge in [0.1, 0.15) is 33.0 Å². The molecule has 0 saturated carbocycles. The molecule has 840 valence electrons. The van der Waals surface area contributed by atoms with Crippen molar-refractivity contribution in [3.05, 3.63) is 36.4 Å². The highest BCUT2D eigenvalue weighted by Crippen LogP contribution is 2.69. The Balaban J connectivity index is 2.22. The number of halogens is 65. The van der Waals surface area contributed by atoms with Gasteiger partial charge < -0.3 is 52.5 Å². The van der Waals surface area contributed by atoms with Crippen LogP contribution in [0.4, 0.5) is 285 Å². The molecule has 0 aliphatic rings. The molecule has 0 heterocycles. The van der Waals surface area contributed by atoms with Crippen LogP contribution in [0.2, 0.25) is 0 Å². The zero-order valence-electron chi connectivity index (χ0n) is 67.7. The highest BCUT2D eigenvalue weighted by atomic mass is 19.5. The summed E-state index contributed by atoms with van der Waals surface area (Å²) >= 11 is 0. The zero-order chi connectivity index (χ0) is 113. The maximum atomic E-state index is 15.0. The Labute approximate surface area is 750 Å². The number of phenolic OH excluding ortho intramolecular Hbond substituents is 1. The van der Waals surface area contributed by atoms with Gasteiger partial charge in [-0.2, -0.15) is 285 Å². The predicted octanol–water partition coefficient (Wildman–Crippen LogP) is 27.5. The van der Waals surface area contributed by atoms with Crippen molar-refractivity contribution in [3.8, 4) is 34.5 Å². The molecule has 4 rings (SSSR count). The Bertz CT molecular complexity index is 4970. The van der Waals surface area contributed by atoms with Gasteiger partial charge in [0.05, 0.1) is 66.1 Å². The van der Waals surface area contributed by atoms with Gasteiger partial charge in [-0.1, -0.05) is 24.3 Å². The summed E-state index contributed by atoms with van der Waals surface area (Å²) in [5.41, 5.74) is 0. The van der Waals surface area contributed by atoms with Gasteiger partial charge in [-0.05, 0) is 28.3 Å². The van der Waals surface area contributed by atoms with Crippen LogP contribution in [0.25, 0.3) is 32.3 Å². The number of hydrogen-bond donors (Lipinski definition) is 1. The molecule has 0 saturated heterocycles. The third kappa shape index (κ3) is 21.5. The number of hydrogen-bond acceptors (Lipinski definition) is 11. The van der Waals surface area contributed by atoms with Crippen LogP contribution in [0, 0.1) is 0 Å². The molecule has 4 aromatic carbocycles. The fourth-order valence-electron chi connectivity index (χ4n) is 11.1. The van der Waals surface area contributed by atoms with Crippen LogP contribution in [0.3, 0.4) is 0 Å². The van der Waals surface area contributed by atoms with Gasteiger partial charge >= 0.3 is 179 Å². The molecule has 0 atom stereocenters.